The average Bonchev–Trinajstić information content (AvgIpc) is 3.09. The molecule has 0 saturated carbocycles. The van der Waals surface area contributed by atoms with Gasteiger partial charge in [-0.05, 0) is 87.9 Å². The van der Waals surface area contributed by atoms with Crippen LogP contribution in [0.15, 0.2) is 121 Å². The van der Waals surface area contributed by atoms with E-state index >= 15 is 0 Å². The highest BCUT2D eigenvalue weighted by Crippen LogP contribution is 2.41. The molecule has 0 saturated heterocycles. The summed E-state index contributed by atoms with van der Waals surface area (Å²) in [4.78, 5) is 28.1. The summed E-state index contributed by atoms with van der Waals surface area (Å²) in [6.07, 6.45) is 13.6. The zero-order valence-corrected chi connectivity index (χ0v) is 28.5. The molecule has 1 amide bonds. The van der Waals surface area contributed by atoms with Crippen LogP contribution < -0.4 is 20.7 Å². The Morgan fingerprint density at radius 2 is 1.67 bits per heavy atom. The van der Waals surface area contributed by atoms with Gasteiger partial charge in [0, 0.05) is 35.7 Å². The van der Waals surface area contributed by atoms with E-state index in [1.165, 1.54) is 16.0 Å². The fraction of sp³-hybridized carbons (Fsp3) is 0.238. The highest BCUT2D eigenvalue weighted by Gasteiger charge is 2.35. The minimum Gasteiger partial charge on any atom is -0.480 e. The van der Waals surface area contributed by atoms with Gasteiger partial charge in [-0.25, -0.2) is 4.79 Å². The van der Waals surface area contributed by atoms with Crippen LogP contribution in [0.5, 0.6) is 0 Å². The maximum absolute atomic E-state index is 13.7. The zero-order valence-electron chi connectivity index (χ0n) is 27.7. The molecule has 2 unspecified atom stereocenters. The molecule has 0 heterocycles. The summed E-state index contributed by atoms with van der Waals surface area (Å²) in [7, 11) is 0. The van der Waals surface area contributed by atoms with Crippen LogP contribution in [0.2, 0.25) is 0 Å². The summed E-state index contributed by atoms with van der Waals surface area (Å²) in [5.74, 6) is -0.534. The molecule has 0 bridgehead atoms. The van der Waals surface area contributed by atoms with Crippen LogP contribution in [0.4, 0.5) is 5.69 Å². The molecule has 4 aromatic rings. The lowest BCUT2D eigenvalue weighted by Crippen LogP contribution is -2.44. The SMILES string of the molecule is CSCC[C@H](NC(=O)c1ccc(CN(CC2=c3ccccc3=CC3(C)C=CC=CC23)c2ccccc2)cc1-c1ccccc1C)C(=O)O. The lowest BCUT2D eigenvalue weighted by molar-refractivity contribution is -0.139. The van der Waals surface area contributed by atoms with E-state index < -0.39 is 12.0 Å². The van der Waals surface area contributed by atoms with Gasteiger partial charge in [-0.15, -0.1) is 0 Å². The van der Waals surface area contributed by atoms with Gasteiger partial charge in [-0.3, -0.25) is 4.79 Å². The number of allylic oxidation sites excluding steroid dienone is 4. The van der Waals surface area contributed by atoms with Gasteiger partial charge in [0.05, 0.1) is 0 Å². The molecule has 2 N–H and O–H groups in total. The van der Waals surface area contributed by atoms with Crippen molar-refractivity contribution in [2.75, 3.05) is 23.5 Å². The van der Waals surface area contributed by atoms with Crippen molar-refractivity contribution < 1.29 is 14.7 Å². The second-order valence-electron chi connectivity index (χ2n) is 12.9. The number of nitrogens with zero attached hydrogens (tertiary/aromatic N) is 1. The summed E-state index contributed by atoms with van der Waals surface area (Å²) < 4.78 is 0. The normalized spacial score (nSPS) is 18.3. The predicted octanol–water partition coefficient (Wildman–Crippen LogP) is 7.00. The molecule has 6 rings (SSSR count). The fourth-order valence-corrected chi connectivity index (χ4v) is 7.47. The lowest BCUT2D eigenvalue weighted by Gasteiger charge is -2.39. The van der Waals surface area contributed by atoms with Crippen molar-refractivity contribution in [3.63, 3.8) is 0 Å². The maximum Gasteiger partial charge on any atom is 0.326 e. The van der Waals surface area contributed by atoms with E-state index in [0.29, 0.717) is 24.3 Å². The first-order chi connectivity index (χ1) is 23.3. The number of hydrogen-bond donors (Lipinski definition) is 2. The Hall–Kier alpha value is -4.81. The molecule has 0 aliphatic heterocycles. The Balaban J connectivity index is 1.41. The molecular formula is C42H42N2O3S. The standard InChI is InChI=1S/C42H42N2O3S/c1-29-13-7-9-17-33(29)36-25-30(20-21-35(36)40(45)43-39(41(46)47)22-24-48-3)27-44(32-15-5-4-6-16-32)28-37-34-18-10-8-14-31(34)26-42(2)23-12-11-19-38(37)42/h4-21,23,25-26,38-39H,22,24,27-28H2,1-3H3,(H,43,45)(H,46,47)/t38?,39-,42?/m0/s1. The van der Waals surface area contributed by atoms with Gasteiger partial charge >= 0.3 is 5.97 Å². The molecule has 0 spiro atoms. The van der Waals surface area contributed by atoms with Gasteiger partial charge in [0.1, 0.15) is 6.04 Å². The Morgan fingerprint density at radius 3 is 2.44 bits per heavy atom. The Morgan fingerprint density at radius 1 is 0.917 bits per heavy atom. The number of aryl methyl sites for hydroxylation is 1. The second-order valence-corrected chi connectivity index (χ2v) is 13.9. The first kappa shape index (κ1) is 33.1. The number of aliphatic carboxylic acids is 1. The summed E-state index contributed by atoms with van der Waals surface area (Å²) in [5.41, 5.74) is 6.70. The molecule has 5 nitrogen and oxygen atoms in total. The van der Waals surface area contributed by atoms with Gasteiger partial charge in [-0.2, -0.15) is 11.8 Å². The number of carbonyl (C=O) groups is 2. The van der Waals surface area contributed by atoms with Gasteiger partial charge in [0.15, 0.2) is 0 Å². The van der Waals surface area contributed by atoms with E-state index in [1.807, 2.05) is 55.6 Å². The molecule has 244 valence electrons. The minimum atomic E-state index is -1.02. The van der Waals surface area contributed by atoms with Crippen LogP contribution in [-0.4, -0.2) is 41.6 Å². The third-order valence-electron chi connectivity index (χ3n) is 9.52. The van der Waals surface area contributed by atoms with Gasteiger partial charge in [0.25, 0.3) is 5.91 Å². The van der Waals surface area contributed by atoms with E-state index in [1.54, 1.807) is 11.8 Å². The third-order valence-corrected chi connectivity index (χ3v) is 10.2. The smallest absolute Gasteiger partial charge is 0.326 e. The van der Waals surface area contributed by atoms with Crippen LogP contribution in [0.3, 0.4) is 0 Å². The lowest BCUT2D eigenvalue weighted by atomic mass is 9.67. The van der Waals surface area contributed by atoms with E-state index in [-0.39, 0.29) is 17.2 Å². The monoisotopic (exact) mass is 654 g/mol. The molecule has 3 atom stereocenters. The maximum atomic E-state index is 13.7. The number of carboxylic acid groups (broad SMARTS) is 1. The number of carbonyl (C=O) groups excluding carboxylic acids is 1. The summed E-state index contributed by atoms with van der Waals surface area (Å²) in [6.45, 7) is 5.70. The zero-order chi connectivity index (χ0) is 33.7. The number of nitrogens with one attached hydrogen (secondary N) is 1. The Bertz CT molecular complexity index is 2000. The Labute approximate surface area is 287 Å². The van der Waals surface area contributed by atoms with Crippen LogP contribution >= 0.6 is 11.8 Å². The van der Waals surface area contributed by atoms with Crippen LogP contribution in [0, 0.1) is 18.3 Å². The number of fused-ring (bicyclic) bond motifs is 2. The van der Waals surface area contributed by atoms with Crippen LogP contribution in [0.1, 0.15) is 34.8 Å². The number of para-hydroxylation sites is 1. The largest absolute Gasteiger partial charge is 0.480 e. The summed E-state index contributed by atoms with van der Waals surface area (Å²) in [6, 6.07) is 32.2. The van der Waals surface area contributed by atoms with Crippen molar-refractivity contribution in [1.82, 2.24) is 5.32 Å². The van der Waals surface area contributed by atoms with Crippen molar-refractivity contribution in [2.45, 2.75) is 32.9 Å². The second kappa shape index (κ2) is 14.5. The summed E-state index contributed by atoms with van der Waals surface area (Å²) in [5, 5.41) is 15.2. The van der Waals surface area contributed by atoms with E-state index in [2.05, 4.69) is 102 Å². The number of thioether (sulfide) groups is 1. The quantitative estimate of drug-likeness (QED) is 0.172. The predicted molar refractivity (Wildman–Crippen MR) is 199 cm³/mol. The van der Waals surface area contributed by atoms with Crippen molar-refractivity contribution in [1.29, 1.82) is 0 Å². The van der Waals surface area contributed by atoms with Crippen molar-refractivity contribution >= 4 is 41.0 Å². The topological polar surface area (TPSA) is 69.6 Å². The molecule has 48 heavy (non-hydrogen) atoms. The number of hydrogen-bond acceptors (Lipinski definition) is 4. The van der Waals surface area contributed by atoms with E-state index in [4.69, 9.17) is 0 Å². The van der Waals surface area contributed by atoms with E-state index in [9.17, 15) is 14.7 Å². The molecule has 0 radical (unpaired) electrons. The van der Waals surface area contributed by atoms with Crippen LogP contribution in [-0.2, 0) is 11.3 Å². The van der Waals surface area contributed by atoms with E-state index in [0.717, 1.165) is 34.5 Å². The van der Waals surface area contributed by atoms with Gasteiger partial charge in [0.2, 0.25) is 0 Å². The highest BCUT2D eigenvalue weighted by atomic mass is 32.2. The number of benzene rings is 4. The van der Waals surface area contributed by atoms with Gasteiger partial charge in [-0.1, -0.05) is 110 Å². The molecule has 0 aromatic heterocycles. The fourth-order valence-electron chi connectivity index (χ4n) is 7.00. The number of carboxylic acids is 1. The highest BCUT2D eigenvalue weighted by molar-refractivity contribution is 7.98. The summed E-state index contributed by atoms with van der Waals surface area (Å²) >= 11 is 1.56. The molecule has 2 aliphatic carbocycles. The van der Waals surface area contributed by atoms with Crippen molar-refractivity contribution in [3.8, 4) is 11.1 Å². The number of amides is 1. The number of anilines is 1. The first-order valence-electron chi connectivity index (χ1n) is 16.5. The first-order valence-corrected chi connectivity index (χ1v) is 17.9. The third kappa shape index (κ3) is 7.04. The molecule has 4 aromatic carbocycles. The minimum absolute atomic E-state index is 0.114. The average molecular weight is 655 g/mol. The van der Waals surface area contributed by atoms with Crippen LogP contribution in [0.25, 0.3) is 22.8 Å². The van der Waals surface area contributed by atoms with Gasteiger partial charge < -0.3 is 15.3 Å². The molecule has 0 fully saturated rings. The molecule has 6 heteroatoms. The number of rotatable bonds is 12. The van der Waals surface area contributed by atoms with Crippen molar-refractivity contribution in [3.05, 3.63) is 148 Å². The molecular weight excluding hydrogens is 613 g/mol. The Kier molecular flexibility index (Phi) is 10.0. The molecule has 2 aliphatic rings. The van der Waals surface area contributed by atoms with Crippen molar-refractivity contribution in [2.24, 2.45) is 11.3 Å².